The van der Waals surface area contributed by atoms with E-state index in [4.69, 9.17) is 4.74 Å². The molecule has 0 radical (unpaired) electrons. The van der Waals surface area contributed by atoms with Gasteiger partial charge in [-0.2, -0.15) is 0 Å². The smallest absolute Gasteiger partial charge is 0.251 e. The number of amides is 1. The highest BCUT2D eigenvalue weighted by Gasteiger charge is 2.59. The number of hydrogen-bond acceptors (Lipinski definition) is 2. The van der Waals surface area contributed by atoms with Gasteiger partial charge < -0.3 is 10.1 Å². The van der Waals surface area contributed by atoms with Gasteiger partial charge in [-0.1, -0.05) is 43.7 Å². The predicted octanol–water partition coefficient (Wildman–Crippen LogP) is 4.23. The van der Waals surface area contributed by atoms with Crippen LogP contribution < -0.4 is 10.1 Å². The Kier molecular flexibility index (Phi) is 4.12. The number of ether oxygens (including phenoxy) is 1. The Labute approximate surface area is 144 Å². The zero-order valence-electron chi connectivity index (χ0n) is 15.0. The summed E-state index contributed by atoms with van der Waals surface area (Å²) in [6.07, 6.45) is 0. The monoisotopic (exact) mass is 323 g/mol. The van der Waals surface area contributed by atoms with Crippen molar-refractivity contribution in [2.45, 2.75) is 39.7 Å². The first-order valence-corrected chi connectivity index (χ1v) is 8.36. The third kappa shape index (κ3) is 2.91. The topological polar surface area (TPSA) is 38.3 Å². The van der Waals surface area contributed by atoms with Crippen LogP contribution in [0.2, 0.25) is 0 Å². The van der Waals surface area contributed by atoms with E-state index in [9.17, 15) is 4.79 Å². The zero-order valence-corrected chi connectivity index (χ0v) is 15.0. The molecule has 0 unspecified atom stereocenters. The lowest BCUT2D eigenvalue weighted by Crippen LogP contribution is -2.29. The van der Waals surface area contributed by atoms with E-state index in [1.54, 1.807) is 7.11 Å². The molecule has 0 heterocycles. The molecule has 2 atom stereocenters. The molecule has 24 heavy (non-hydrogen) atoms. The van der Waals surface area contributed by atoms with E-state index in [0.717, 1.165) is 11.3 Å². The minimum atomic E-state index is -0.0113. The van der Waals surface area contributed by atoms with Gasteiger partial charge in [0.25, 0.3) is 5.91 Å². The lowest BCUT2D eigenvalue weighted by atomic mass is 10.0. The summed E-state index contributed by atoms with van der Waals surface area (Å²) in [6, 6.07) is 14.3. The first-order valence-electron chi connectivity index (χ1n) is 8.36. The van der Waals surface area contributed by atoms with Crippen molar-refractivity contribution >= 4 is 5.91 Å². The van der Waals surface area contributed by atoms with Gasteiger partial charge in [0.1, 0.15) is 5.75 Å². The van der Waals surface area contributed by atoms with Gasteiger partial charge in [-0.25, -0.2) is 0 Å². The largest absolute Gasteiger partial charge is 0.497 e. The molecule has 126 valence electrons. The van der Waals surface area contributed by atoms with Crippen LogP contribution in [0.5, 0.6) is 5.75 Å². The van der Waals surface area contributed by atoms with Gasteiger partial charge in [0.15, 0.2) is 0 Å². The van der Waals surface area contributed by atoms with Crippen LogP contribution in [0.25, 0.3) is 0 Å². The van der Waals surface area contributed by atoms with Crippen LogP contribution in [0, 0.1) is 19.3 Å². The van der Waals surface area contributed by atoms with Crippen LogP contribution in [-0.2, 0) is 0 Å². The summed E-state index contributed by atoms with van der Waals surface area (Å²) in [5, 5.41) is 3.22. The summed E-state index contributed by atoms with van der Waals surface area (Å²) in [7, 11) is 1.63. The zero-order chi connectivity index (χ0) is 17.5. The summed E-state index contributed by atoms with van der Waals surface area (Å²) < 4.78 is 5.21. The molecule has 0 aliphatic heterocycles. The molecule has 2 aromatic rings. The Hall–Kier alpha value is -2.29. The average molecular weight is 323 g/mol. The van der Waals surface area contributed by atoms with Gasteiger partial charge in [0, 0.05) is 17.5 Å². The molecule has 1 saturated carbocycles. The molecular formula is C21H25NO2. The number of nitrogens with one attached hydrogen (secondary N) is 1. The number of rotatable bonds is 4. The van der Waals surface area contributed by atoms with E-state index in [2.05, 4.69) is 50.4 Å². The highest BCUT2D eigenvalue weighted by atomic mass is 16.5. The van der Waals surface area contributed by atoms with Crippen molar-refractivity contribution in [2.24, 2.45) is 5.41 Å². The standard InChI is InChI=1S/C21H25NO2/c1-13-6-8-15(9-7-13)18-19(21(18,3)4)22-20(23)17-11-10-16(24-5)12-14(17)2/h6-12,18-19H,1-5H3,(H,22,23)/t18-,19-/m1/s1. The molecule has 3 rings (SSSR count). The quantitative estimate of drug-likeness (QED) is 0.914. The molecule has 3 nitrogen and oxygen atoms in total. The van der Waals surface area contributed by atoms with Crippen LogP contribution in [0.3, 0.4) is 0 Å². The van der Waals surface area contributed by atoms with E-state index in [1.165, 1.54) is 11.1 Å². The Morgan fingerprint density at radius 2 is 1.75 bits per heavy atom. The van der Waals surface area contributed by atoms with Gasteiger partial charge in [0.05, 0.1) is 7.11 Å². The lowest BCUT2D eigenvalue weighted by Gasteiger charge is -2.10. The fraction of sp³-hybridized carbons (Fsp3) is 0.381. The normalized spacial score (nSPS) is 21.2. The lowest BCUT2D eigenvalue weighted by molar-refractivity contribution is 0.0945. The second-order valence-corrected chi connectivity index (χ2v) is 7.34. The van der Waals surface area contributed by atoms with Crippen molar-refractivity contribution in [3.63, 3.8) is 0 Å². The Morgan fingerprint density at radius 1 is 1.08 bits per heavy atom. The maximum Gasteiger partial charge on any atom is 0.251 e. The Bertz CT molecular complexity index is 762. The van der Waals surface area contributed by atoms with Gasteiger partial charge in [-0.05, 0) is 48.6 Å². The van der Waals surface area contributed by atoms with Crippen LogP contribution >= 0.6 is 0 Å². The summed E-state index contributed by atoms with van der Waals surface area (Å²) in [5.41, 5.74) is 4.26. The van der Waals surface area contributed by atoms with Gasteiger partial charge in [-0.15, -0.1) is 0 Å². The van der Waals surface area contributed by atoms with E-state index >= 15 is 0 Å². The molecule has 0 spiro atoms. The minimum Gasteiger partial charge on any atom is -0.497 e. The molecule has 3 heteroatoms. The predicted molar refractivity (Wildman–Crippen MR) is 96.7 cm³/mol. The van der Waals surface area contributed by atoms with E-state index in [-0.39, 0.29) is 17.4 Å². The third-order valence-electron chi connectivity index (χ3n) is 5.23. The fourth-order valence-electron chi connectivity index (χ4n) is 3.54. The highest BCUT2D eigenvalue weighted by molar-refractivity contribution is 5.96. The minimum absolute atomic E-state index is 0.0113. The molecule has 1 aliphatic rings. The van der Waals surface area contributed by atoms with Crippen LogP contribution in [0.15, 0.2) is 42.5 Å². The number of carbonyl (C=O) groups excluding carboxylic acids is 1. The first-order chi connectivity index (χ1) is 11.3. The van der Waals surface area contributed by atoms with E-state index in [1.807, 2.05) is 25.1 Å². The SMILES string of the molecule is COc1ccc(C(=O)N[C@@H]2[C@@H](c3ccc(C)cc3)C2(C)C)c(C)c1. The average Bonchev–Trinajstić information content (AvgIpc) is 3.08. The molecule has 1 amide bonds. The molecule has 0 bridgehead atoms. The molecule has 0 saturated heterocycles. The van der Waals surface area contributed by atoms with Gasteiger partial charge in [-0.3, -0.25) is 4.79 Å². The maximum atomic E-state index is 12.7. The van der Waals surface area contributed by atoms with Crippen molar-refractivity contribution in [3.8, 4) is 5.75 Å². The Balaban J connectivity index is 1.76. The molecule has 2 aromatic carbocycles. The molecule has 1 fully saturated rings. The van der Waals surface area contributed by atoms with Crippen molar-refractivity contribution < 1.29 is 9.53 Å². The van der Waals surface area contributed by atoms with Crippen molar-refractivity contribution in [3.05, 3.63) is 64.7 Å². The molecular weight excluding hydrogens is 298 g/mol. The number of methoxy groups -OCH3 is 1. The highest BCUT2D eigenvalue weighted by Crippen LogP contribution is 2.58. The molecule has 1 aliphatic carbocycles. The number of benzene rings is 2. The van der Waals surface area contributed by atoms with Crippen molar-refractivity contribution in [1.29, 1.82) is 0 Å². The van der Waals surface area contributed by atoms with Gasteiger partial charge in [0.2, 0.25) is 0 Å². The number of carbonyl (C=O) groups is 1. The summed E-state index contributed by atoms with van der Waals surface area (Å²) in [4.78, 5) is 12.7. The summed E-state index contributed by atoms with van der Waals surface area (Å²) >= 11 is 0. The van der Waals surface area contributed by atoms with Crippen LogP contribution in [0.4, 0.5) is 0 Å². The third-order valence-corrected chi connectivity index (χ3v) is 5.23. The fourth-order valence-corrected chi connectivity index (χ4v) is 3.54. The Morgan fingerprint density at radius 3 is 2.33 bits per heavy atom. The van der Waals surface area contributed by atoms with E-state index in [0.29, 0.717) is 11.5 Å². The van der Waals surface area contributed by atoms with Crippen LogP contribution in [-0.4, -0.2) is 19.1 Å². The van der Waals surface area contributed by atoms with Crippen molar-refractivity contribution in [1.82, 2.24) is 5.32 Å². The number of aryl methyl sites for hydroxylation is 2. The van der Waals surface area contributed by atoms with Crippen LogP contribution in [0.1, 0.15) is 46.8 Å². The second kappa shape index (κ2) is 5.97. The van der Waals surface area contributed by atoms with Crippen molar-refractivity contribution in [2.75, 3.05) is 7.11 Å². The maximum absolute atomic E-state index is 12.7. The second-order valence-electron chi connectivity index (χ2n) is 7.34. The summed E-state index contributed by atoms with van der Waals surface area (Å²) in [5.74, 6) is 1.12. The number of hydrogen-bond donors (Lipinski definition) is 1. The van der Waals surface area contributed by atoms with Gasteiger partial charge >= 0.3 is 0 Å². The molecule has 0 aromatic heterocycles. The van der Waals surface area contributed by atoms with E-state index < -0.39 is 0 Å². The molecule has 1 N–H and O–H groups in total. The first kappa shape index (κ1) is 16.6. The summed E-state index contributed by atoms with van der Waals surface area (Å²) in [6.45, 7) is 8.45.